The van der Waals surface area contributed by atoms with E-state index in [0.29, 0.717) is 19.0 Å². The van der Waals surface area contributed by atoms with E-state index in [2.05, 4.69) is 5.32 Å². The lowest BCUT2D eigenvalue weighted by Crippen LogP contribution is -2.45. The van der Waals surface area contributed by atoms with Crippen LogP contribution >= 0.6 is 0 Å². The molecule has 3 aliphatic rings. The SMILES string of the molecule is CCCN1C(=O)CC(NC(C2CC2)C2CC2)C1=O. The lowest BCUT2D eigenvalue weighted by atomic mass is 10.1. The average molecular weight is 250 g/mol. The summed E-state index contributed by atoms with van der Waals surface area (Å²) in [6.07, 6.45) is 6.39. The monoisotopic (exact) mass is 250 g/mol. The summed E-state index contributed by atoms with van der Waals surface area (Å²) in [5.74, 6) is 1.54. The second-order valence-corrected chi connectivity index (χ2v) is 6.01. The van der Waals surface area contributed by atoms with E-state index in [1.165, 1.54) is 30.6 Å². The van der Waals surface area contributed by atoms with Crippen LogP contribution in [-0.2, 0) is 9.59 Å². The molecule has 2 saturated carbocycles. The first-order chi connectivity index (χ1) is 8.70. The van der Waals surface area contributed by atoms with Gasteiger partial charge in [0.05, 0.1) is 12.5 Å². The maximum Gasteiger partial charge on any atom is 0.246 e. The quantitative estimate of drug-likeness (QED) is 0.723. The smallest absolute Gasteiger partial charge is 0.246 e. The summed E-state index contributed by atoms with van der Waals surface area (Å²) in [5.41, 5.74) is 0. The van der Waals surface area contributed by atoms with E-state index in [1.54, 1.807) is 0 Å². The van der Waals surface area contributed by atoms with Crippen LogP contribution in [0.15, 0.2) is 0 Å². The van der Waals surface area contributed by atoms with Gasteiger partial charge < -0.3 is 5.32 Å². The first kappa shape index (κ1) is 12.2. The van der Waals surface area contributed by atoms with E-state index in [1.807, 2.05) is 6.92 Å². The van der Waals surface area contributed by atoms with Gasteiger partial charge in [-0.3, -0.25) is 14.5 Å². The van der Waals surface area contributed by atoms with Crippen LogP contribution in [0.2, 0.25) is 0 Å². The number of hydrogen-bond acceptors (Lipinski definition) is 3. The Morgan fingerprint density at radius 2 is 1.83 bits per heavy atom. The van der Waals surface area contributed by atoms with Crippen molar-refractivity contribution in [2.75, 3.05) is 6.54 Å². The third kappa shape index (κ3) is 2.30. The summed E-state index contributed by atoms with van der Waals surface area (Å²) in [5, 5.41) is 3.50. The molecule has 3 fully saturated rings. The van der Waals surface area contributed by atoms with Crippen molar-refractivity contribution in [2.45, 2.75) is 57.5 Å². The van der Waals surface area contributed by atoms with Crippen LogP contribution in [0.1, 0.15) is 45.4 Å². The summed E-state index contributed by atoms with van der Waals surface area (Å²) >= 11 is 0. The molecule has 0 radical (unpaired) electrons. The van der Waals surface area contributed by atoms with Gasteiger partial charge >= 0.3 is 0 Å². The highest BCUT2D eigenvalue weighted by Crippen LogP contribution is 2.45. The van der Waals surface area contributed by atoms with Crippen molar-refractivity contribution in [2.24, 2.45) is 11.8 Å². The number of imide groups is 1. The molecule has 1 aliphatic heterocycles. The van der Waals surface area contributed by atoms with E-state index in [4.69, 9.17) is 0 Å². The third-order valence-electron chi connectivity index (χ3n) is 4.34. The van der Waals surface area contributed by atoms with Crippen molar-refractivity contribution >= 4 is 11.8 Å². The van der Waals surface area contributed by atoms with Gasteiger partial charge in [-0.25, -0.2) is 0 Å². The molecule has 2 amide bonds. The Kier molecular flexibility index (Phi) is 3.14. The van der Waals surface area contributed by atoms with Gasteiger partial charge in [-0.1, -0.05) is 6.92 Å². The molecule has 0 aromatic carbocycles. The molecule has 18 heavy (non-hydrogen) atoms. The third-order valence-corrected chi connectivity index (χ3v) is 4.34. The first-order valence-electron chi connectivity index (χ1n) is 7.31. The molecule has 1 unspecified atom stereocenters. The molecular weight excluding hydrogens is 228 g/mol. The van der Waals surface area contributed by atoms with Crippen LogP contribution in [0.5, 0.6) is 0 Å². The fourth-order valence-corrected chi connectivity index (χ4v) is 3.07. The van der Waals surface area contributed by atoms with E-state index in [-0.39, 0.29) is 17.9 Å². The maximum atomic E-state index is 12.2. The van der Waals surface area contributed by atoms with E-state index < -0.39 is 0 Å². The van der Waals surface area contributed by atoms with Crippen LogP contribution < -0.4 is 5.32 Å². The van der Waals surface area contributed by atoms with Gasteiger partial charge in [0.15, 0.2) is 0 Å². The molecular formula is C14H22N2O2. The van der Waals surface area contributed by atoms with E-state index in [0.717, 1.165) is 18.3 Å². The van der Waals surface area contributed by atoms with Crippen molar-refractivity contribution in [3.8, 4) is 0 Å². The molecule has 0 aromatic heterocycles. The molecule has 1 heterocycles. The highest BCUT2D eigenvalue weighted by molar-refractivity contribution is 6.05. The largest absolute Gasteiger partial charge is 0.302 e. The minimum atomic E-state index is -0.241. The number of likely N-dealkylation sites (tertiary alicyclic amines) is 1. The summed E-state index contributed by atoms with van der Waals surface area (Å²) in [6.45, 7) is 2.58. The van der Waals surface area contributed by atoms with Crippen LogP contribution in [0.3, 0.4) is 0 Å². The molecule has 1 atom stereocenters. The fraction of sp³-hybridized carbons (Fsp3) is 0.857. The van der Waals surface area contributed by atoms with Gasteiger partial charge in [0.1, 0.15) is 0 Å². The van der Waals surface area contributed by atoms with Crippen molar-refractivity contribution in [3.05, 3.63) is 0 Å². The molecule has 2 aliphatic carbocycles. The Morgan fingerprint density at radius 3 is 2.33 bits per heavy atom. The Morgan fingerprint density at radius 1 is 1.22 bits per heavy atom. The number of amides is 2. The molecule has 1 N–H and O–H groups in total. The van der Waals surface area contributed by atoms with Crippen LogP contribution in [-0.4, -0.2) is 35.3 Å². The normalized spacial score (nSPS) is 28.6. The minimum Gasteiger partial charge on any atom is -0.302 e. The van der Waals surface area contributed by atoms with Crippen molar-refractivity contribution < 1.29 is 9.59 Å². The Labute approximate surface area is 108 Å². The highest BCUT2D eigenvalue weighted by Gasteiger charge is 2.46. The van der Waals surface area contributed by atoms with Gasteiger partial charge in [-0.15, -0.1) is 0 Å². The summed E-state index contributed by atoms with van der Waals surface area (Å²) in [4.78, 5) is 25.4. The molecule has 0 aromatic rings. The molecule has 0 spiro atoms. The number of nitrogens with one attached hydrogen (secondary N) is 1. The molecule has 0 bridgehead atoms. The summed E-state index contributed by atoms with van der Waals surface area (Å²) in [7, 11) is 0. The van der Waals surface area contributed by atoms with Crippen molar-refractivity contribution in [3.63, 3.8) is 0 Å². The molecule has 1 saturated heterocycles. The Bertz CT molecular complexity index is 349. The number of rotatable bonds is 6. The molecule has 4 heteroatoms. The predicted octanol–water partition coefficient (Wildman–Crippen LogP) is 1.30. The van der Waals surface area contributed by atoms with Crippen LogP contribution in [0.4, 0.5) is 0 Å². The number of carbonyl (C=O) groups is 2. The van der Waals surface area contributed by atoms with Gasteiger partial charge in [0.2, 0.25) is 11.8 Å². The van der Waals surface area contributed by atoms with Crippen LogP contribution in [0, 0.1) is 11.8 Å². The number of hydrogen-bond donors (Lipinski definition) is 1. The van der Waals surface area contributed by atoms with Crippen molar-refractivity contribution in [1.29, 1.82) is 0 Å². The van der Waals surface area contributed by atoms with Gasteiger partial charge in [-0.05, 0) is 43.9 Å². The van der Waals surface area contributed by atoms with Crippen LogP contribution in [0.25, 0.3) is 0 Å². The Balaban J connectivity index is 1.62. The molecule has 100 valence electrons. The average Bonchev–Trinajstić information content (AvgIpc) is 3.23. The highest BCUT2D eigenvalue weighted by atomic mass is 16.2. The summed E-state index contributed by atoms with van der Waals surface area (Å²) < 4.78 is 0. The lowest BCUT2D eigenvalue weighted by molar-refractivity contribution is -0.138. The molecule has 3 rings (SSSR count). The second kappa shape index (κ2) is 4.65. The standard InChI is InChI=1S/C14H22N2O2/c1-2-7-16-12(17)8-11(14(16)18)15-13(9-3-4-9)10-5-6-10/h9-11,13,15H,2-8H2,1H3. The zero-order valence-electron chi connectivity index (χ0n) is 11.0. The molecule has 4 nitrogen and oxygen atoms in total. The second-order valence-electron chi connectivity index (χ2n) is 6.01. The fourth-order valence-electron chi connectivity index (χ4n) is 3.07. The lowest BCUT2D eigenvalue weighted by Gasteiger charge is -2.21. The predicted molar refractivity (Wildman–Crippen MR) is 67.8 cm³/mol. The van der Waals surface area contributed by atoms with E-state index >= 15 is 0 Å². The topological polar surface area (TPSA) is 49.4 Å². The zero-order valence-corrected chi connectivity index (χ0v) is 11.0. The number of carbonyl (C=O) groups excluding carboxylic acids is 2. The van der Waals surface area contributed by atoms with E-state index in [9.17, 15) is 9.59 Å². The van der Waals surface area contributed by atoms with Gasteiger partial charge in [-0.2, -0.15) is 0 Å². The van der Waals surface area contributed by atoms with Crippen molar-refractivity contribution in [1.82, 2.24) is 10.2 Å². The summed E-state index contributed by atoms with van der Waals surface area (Å²) in [6, 6.07) is 0.253. The minimum absolute atomic E-state index is 0.00435. The zero-order chi connectivity index (χ0) is 12.7. The maximum absolute atomic E-state index is 12.2. The van der Waals surface area contributed by atoms with Gasteiger partial charge in [0, 0.05) is 12.6 Å². The first-order valence-corrected chi connectivity index (χ1v) is 7.31. The number of nitrogens with zero attached hydrogens (tertiary/aromatic N) is 1. The van der Waals surface area contributed by atoms with Gasteiger partial charge in [0.25, 0.3) is 0 Å². The Hall–Kier alpha value is -0.900.